The first kappa shape index (κ1) is 23.8. The molecule has 3 rings (SSSR count). The van der Waals surface area contributed by atoms with Gasteiger partial charge in [0.25, 0.3) is 0 Å². The number of allylic oxidation sites excluding steroid dienone is 3. The van der Waals surface area contributed by atoms with Crippen LogP contribution in [0, 0.1) is 19.8 Å². The van der Waals surface area contributed by atoms with E-state index in [2.05, 4.69) is 101 Å². The molecule has 0 amide bonds. The molecule has 0 saturated heterocycles. The third kappa shape index (κ3) is 6.31. The minimum Gasteiger partial charge on any atom is -0.492 e. The fourth-order valence-corrected chi connectivity index (χ4v) is 5.48. The largest absolute Gasteiger partial charge is 0.492 e. The summed E-state index contributed by atoms with van der Waals surface area (Å²) >= 11 is 0. The van der Waals surface area contributed by atoms with Gasteiger partial charge in [0.2, 0.25) is 0 Å². The number of aryl methyl sites for hydroxylation is 2. The van der Waals surface area contributed by atoms with Crippen LogP contribution in [0.2, 0.25) is 0 Å². The second-order valence-electron chi connectivity index (χ2n) is 9.57. The normalized spacial score (nSPS) is 16.4. The molecule has 0 aromatic heterocycles. The van der Waals surface area contributed by atoms with Crippen LogP contribution in [0.3, 0.4) is 0 Å². The molecule has 2 atom stereocenters. The average molecular weight is 436 g/mol. The molecule has 1 aliphatic rings. The summed E-state index contributed by atoms with van der Waals surface area (Å²) in [6, 6.07) is 11.3. The number of benzene rings is 2. The van der Waals surface area contributed by atoms with E-state index in [1.165, 1.54) is 32.9 Å². The summed E-state index contributed by atoms with van der Waals surface area (Å²) < 4.78 is 6.63. The molecule has 1 N–H and O–H groups in total. The van der Waals surface area contributed by atoms with Crippen molar-refractivity contribution in [2.24, 2.45) is 5.92 Å². The van der Waals surface area contributed by atoms with Crippen LogP contribution >= 0.6 is 8.58 Å². The van der Waals surface area contributed by atoms with Gasteiger partial charge in [-0.3, -0.25) is 0 Å². The van der Waals surface area contributed by atoms with E-state index in [9.17, 15) is 0 Å². The molecule has 2 nitrogen and oxygen atoms in total. The zero-order chi connectivity index (χ0) is 22.4. The van der Waals surface area contributed by atoms with E-state index in [4.69, 9.17) is 4.74 Å². The SMILES string of the molecule is CCNCc1cccc(C)c1Pc1cc(C)cc(C(C)(C)C)c1OCC1C=CC=CC1. The summed E-state index contributed by atoms with van der Waals surface area (Å²) in [6.45, 7) is 16.1. The lowest BCUT2D eigenvalue weighted by molar-refractivity contribution is 0.271. The van der Waals surface area contributed by atoms with E-state index in [0.717, 1.165) is 31.9 Å². The van der Waals surface area contributed by atoms with E-state index in [1.54, 1.807) is 0 Å². The predicted octanol–water partition coefficient (Wildman–Crippen LogP) is 5.85. The Morgan fingerprint density at radius 3 is 2.61 bits per heavy atom. The fraction of sp³-hybridized carbons (Fsp3) is 0.429. The Morgan fingerprint density at radius 1 is 1.13 bits per heavy atom. The van der Waals surface area contributed by atoms with E-state index in [-0.39, 0.29) is 5.41 Å². The Balaban J connectivity index is 2.00. The van der Waals surface area contributed by atoms with Gasteiger partial charge >= 0.3 is 0 Å². The van der Waals surface area contributed by atoms with Crippen LogP contribution in [-0.4, -0.2) is 13.2 Å². The number of hydrogen-bond donors (Lipinski definition) is 1. The molecule has 166 valence electrons. The van der Waals surface area contributed by atoms with Crippen LogP contribution in [-0.2, 0) is 12.0 Å². The first-order valence-electron chi connectivity index (χ1n) is 11.5. The van der Waals surface area contributed by atoms with E-state index in [1.807, 2.05) is 0 Å². The number of nitrogens with one attached hydrogen (secondary N) is 1. The second-order valence-corrected chi connectivity index (χ2v) is 10.9. The monoisotopic (exact) mass is 435 g/mol. The lowest BCUT2D eigenvalue weighted by Gasteiger charge is -2.27. The van der Waals surface area contributed by atoms with Gasteiger partial charge in [0.15, 0.2) is 0 Å². The molecule has 0 bridgehead atoms. The van der Waals surface area contributed by atoms with E-state index < -0.39 is 0 Å². The highest BCUT2D eigenvalue weighted by atomic mass is 31.1. The van der Waals surface area contributed by atoms with Gasteiger partial charge in [-0.25, -0.2) is 0 Å². The zero-order valence-electron chi connectivity index (χ0n) is 20.0. The molecule has 2 aromatic carbocycles. The maximum absolute atomic E-state index is 6.63. The molecular weight excluding hydrogens is 397 g/mol. The maximum atomic E-state index is 6.63. The standard InChI is InChI=1S/C28H38NOP/c1-7-29-18-23-15-11-12-21(3)27(23)31-25-17-20(2)16-24(28(4,5)6)26(25)30-19-22-13-9-8-10-14-22/h8-13,15-17,22,29,31H,7,14,18-19H2,1-6H3. The van der Waals surface area contributed by atoms with Gasteiger partial charge in [0, 0.05) is 23.3 Å². The van der Waals surface area contributed by atoms with Crippen molar-refractivity contribution in [1.29, 1.82) is 0 Å². The molecule has 0 radical (unpaired) electrons. The smallest absolute Gasteiger partial charge is 0.130 e. The molecule has 0 fully saturated rings. The van der Waals surface area contributed by atoms with Gasteiger partial charge in [-0.15, -0.1) is 0 Å². The first-order chi connectivity index (χ1) is 14.8. The highest BCUT2D eigenvalue weighted by Gasteiger charge is 2.24. The summed E-state index contributed by atoms with van der Waals surface area (Å²) in [7, 11) is 0.578. The number of ether oxygens (including phenoxy) is 1. The molecule has 0 heterocycles. The van der Waals surface area contributed by atoms with Gasteiger partial charge in [0.05, 0.1) is 6.61 Å². The highest BCUT2D eigenvalue weighted by Crippen LogP contribution is 2.35. The molecule has 2 unspecified atom stereocenters. The summed E-state index contributed by atoms with van der Waals surface area (Å²) in [5.41, 5.74) is 5.40. The number of hydrogen-bond acceptors (Lipinski definition) is 2. The molecule has 2 aromatic rings. The molecular formula is C28H38NOP. The number of rotatable bonds is 8. The van der Waals surface area contributed by atoms with Crippen molar-refractivity contribution in [2.45, 2.75) is 59.9 Å². The summed E-state index contributed by atoms with van der Waals surface area (Å²) in [5, 5.41) is 6.28. The Bertz CT molecular complexity index is 952. The first-order valence-corrected chi connectivity index (χ1v) is 12.5. The summed E-state index contributed by atoms with van der Waals surface area (Å²) in [4.78, 5) is 0. The molecule has 31 heavy (non-hydrogen) atoms. The van der Waals surface area contributed by atoms with Gasteiger partial charge < -0.3 is 10.1 Å². The van der Waals surface area contributed by atoms with Gasteiger partial charge in [-0.05, 0) is 60.3 Å². The van der Waals surface area contributed by atoms with Crippen molar-refractivity contribution in [3.8, 4) is 5.75 Å². The molecule has 0 spiro atoms. The van der Waals surface area contributed by atoms with Gasteiger partial charge in [-0.2, -0.15) is 0 Å². The van der Waals surface area contributed by atoms with Gasteiger partial charge in [-0.1, -0.05) is 84.8 Å². The Kier molecular flexibility index (Phi) is 8.14. The Hall–Kier alpha value is -1.89. The maximum Gasteiger partial charge on any atom is 0.130 e. The lowest BCUT2D eigenvalue weighted by Crippen LogP contribution is -2.24. The van der Waals surface area contributed by atoms with Crippen LogP contribution in [0.1, 0.15) is 56.4 Å². The van der Waals surface area contributed by atoms with Crippen molar-refractivity contribution in [3.05, 3.63) is 76.9 Å². The zero-order valence-corrected chi connectivity index (χ0v) is 21.0. The minimum atomic E-state index is 0.0290. The van der Waals surface area contributed by atoms with Crippen molar-refractivity contribution in [2.75, 3.05) is 13.2 Å². The van der Waals surface area contributed by atoms with Crippen LogP contribution < -0.4 is 20.7 Å². The van der Waals surface area contributed by atoms with E-state index >= 15 is 0 Å². The Labute approximate surface area is 191 Å². The van der Waals surface area contributed by atoms with Crippen molar-refractivity contribution >= 4 is 19.2 Å². The lowest BCUT2D eigenvalue weighted by atomic mass is 9.85. The summed E-state index contributed by atoms with van der Waals surface area (Å²) in [6.07, 6.45) is 9.81. The topological polar surface area (TPSA) is 21.3 Å². The van der Waals surface area contributed by atoms with Crippen molar-refractivity contribution in [3.63, 3.8) is 0 Å². The predicted molar refractivity (Wildman–Crippen MR) is 138 cm³/mol. The van der Waals surface area contributed by atoms with E-state index in [0.29, 0.717) is 14.5 Å². The quantitative estimate of drug-likeness (QED) is 0.525. The van der Waals surface area contributed by atoms with Crippen LogP contribution in [0.4, 0.5) is 0 Å². The highest BCUT2D eigenvalue weighted by molar-refractivity contribution is 7.56. The Morgan fingerprint density at radius 2 is 1.94 bits per heavy atom. The average Bonchev–Trinajstić information content (AvgIpc) is 2.73. The molecule has 0 saturated carbocycles. The molecule has 0 aliphatic heterocycles. The van der Waals surface area contributed by atoms with Crippen LogP contribution in [0.15, 0.2) is 54.6 Å². The fourth-order valence-electron chi connectivity index (χ4n) is 3.97. The summed E-state index contributed by atoms with van der Waals surface area (Å²) in [5.74, 6) is 1.54. The van der Waals surface area contributed by atoms with Crippen LogP contribution in [0.5, 0.6) is 5.75 Å². The van der Waals surface area contributed by atoms with Crippen molar-refractivity contribution < 1.29 is 4.74 Å². The second kappa shape index (κ2) is 10.6. The third-order valence-corrected chi connectivity index (χ3v) is 7.34. The van der Waals surface area contributed by atoms with Gasteiger partial charge in [0.1, 0.15) is 5.75 Å². The minimum absolute atomic E-state index is 0.0290. The van der Waals surface area contributed by atoms with Crippen LogP contribution in [0.25, 0.3) is 0 Å². The van der Waals surface area contributed by atoms with Crippen molar-refractivity contribution in [1.82, 2.24) is 5.32 Å². The third-order valence-electron chi connectivity index (χ3n) is 5.74. The molecule has 3 heteroatoms. The molecule has 1 aliphatic carbocycles.